The van der Waals surface area contributed by atoms with Crippen LogP contribution in [0.25, 0.3) is 0 Å². The molecule has 1 aromatic carbocycles. The Morgan fingerprint density at radius 1 is 1.20 bits per heavy atom. The second-order valence-electron chi connectivity index (χ2n) is 8.36. The van der Waals surface area contributed by atoms with Gasteiger partial charge >= 0.3 is 6.18 Å². The summed E-state index contributed by atoms with van der Waals surface area (Å²) in [6.45, 7) is 4.99. The number of alkyl halides is 3. The van der Waals surface area contributed by atoms with E-state index in [9.17, 15) is 27.5 Å². The summed E-state index contributed by atoms with van der Waals surface area (Å²) in [4.78, 5) is 13.2. The highest BCUT2D eigenvalue weighted by Crippen LogP contribution is 2.44. The fourth-order valence-corrected chi connectivity index (χ4v) is 3.79. The van der Waals surface area contributed by atoms with Gasteiger partial charge in [-0.1, -0.05) is 15.9 Å². The van der Waals surface area contributed by atoms with Crippen LogP contribution in [0.1, 0.15) is 62.3 Å². The molecule has 0 saturated heterocycles. The van der Waals surface area contributed by atoms with Crippen molar-refractivity contribution in [3.63, 3.8) is 0 Å². The van der Waals surface area contributed by atoms with E-state index >= 15 is 0 Å². The van der Waals surface area contributed by atoms with Gasteiger partial charge in [-0.25, -0.2) is 4.39 Å². The molecule has 3 rings (SSSR count). The minimum absolute atomic E-state index is 0.0790. The van der Waals surface area contributed by atoms with Crippen LogP contribution in [0.5, 0.6) is 0 Å². The summed E-state index contributed by atoms with van der Waals surface area (Å²) in [6.07, 6.45) is -4.49. The summed E-state index contributed by atoms with van der Waals surface area (Å²) in [7, 11) is 0. The number of rotatable bonds is 5. The summed E-state index contributed by atoms with van der Waals surface area (Å²) in [5, 5.41) is 10.8. The average molecular weight is 492 g/mol. The maximum absolute atomic E-state index is 14.7. The third kappa shape index (κ3) is 4.95. The Morgan fingerprint density at radius 3 is 2.37 bits per heavy atom. The third-order valence-electron chi connectivity index (χ3n) is 4.77. The minimum atomic E-state index is -4.69. The van der Waals surface area contributed by atoms with Crippen LogP contribution in [-0.4, -0.2) is 21.6 Å². The van der Waals surface area contributed by atoms with E-state index in [1.165, 1.54) is 12.1 Å². The van der Waals surface area contributed by atoms with Gasteiger partial charge in [-0.05, 0) is 63.8 Å². The molecule has 1 aliphatic rings. The highest BCUT2D eigenvalue weighted by Gasteiger charge is 2.41. The highest BCUT2D eigenvalue weighted by molar-refractivity contribution is 9.10. The van der Waals surface area contributed by atoms with Gasteiger partial charge in [0, 0.05) is 21.8 Å². The fraction of sp³-hybridized carbons (Fsp3) is 0.476. The Bertz CT molecular complexity index is 993. The van der Waals surface area contributed by atoms with E-state index in [-0.39, 0.29) is 11.1 Å². The summed E-state index contributed by atoms with van der Waals surface area (Å²) in [5.74, 6) is -1.23. The van der Waals surface area contributed by atoms with Gasteiger partial charge in [0.15, 0.2) is 6.29 Å². The van der Waals surface area contributed by atoms with Crippen LogP contribution in [0.3, 0.4) is 0 Å². The van der Waals surface area contributed by atoms with Gasteiger partial charge in [-0.2, -0.15) is 13.2 Å². The molecule has 0 amide bonds. The molecule has 2 atom stereocenters. The lowest BCUT2D eigenvalue weighted by Gasteiger charge is -2.32. The SMILES string of the molecule is CC(C)(C)OC(O)C(c1cc(Br)ccc1F)n1ccc(C(F)(F)F)c(C2CC2)c1=O. The fourth-order valence-electron chi connectivity index (χ4n) is 3.41. The normalized spacial score (nSPS) is 17.1. The quantitative estimate of drug-likeness (QED) is 0.451. The lowest BCUT2D eigenvalue weighted by Crippen LogP contribution is -2.40. The van der Waals surface area contributed by atoms with Crippen molar-refractivity contribution in [2.45, 2.75) is 63.6 Å². The van der Waals surface area contributed by atoms with Crippen molar-refractivity contribution < 1.29 is 27.4 Å². The average Bonchev–Trinajstić information content (AvgIpc) is 3.41. The van der Waals surface area contributed by atoms with E-state index in [0.717, 1.165) is 22.9 Å². The molecule has 1 heterocycles. The van der Waals surface area contributed by atoms with E-state index in [1.54, 1.807) is 20.8 Å². The molecule has 0 aliphatic heterocycles. The minimum Gasteiger partial charge on any atom is -0.366 e. The number of halogens is 5. The van der Waals surface area contributed by atoms with Crippen molar-refractivity contribution in [3.05, 3.63) is 67.8 Å². The van der Waals surface area contributed by atoms with Gasteiger partial charge in [0.2, 0.25) is 0 Å². The molecule has 1 fully saturated rings. The number of nitrogens with zero attached hydrogens (tertiary/aromatic N) is 1. The Hall–Kier alpha value is -1.71. The smallest absolute Gasteiger partial charge is 0.366 e. The maximum atomic E-state index is 14.7. The molecule has 1 aromatic heterocycles. The first-order chi connectivity index (χ1) is 13.8. The predicted octanol–water partition coefficient (Wildman–Crippen LogP) is 5.37. The van der Waals surface area contributed by atoms with Crippen molar-refractivity contribution in [3.8, 4) is 0 Å². The molecule has 4 nitrogen and oxygen atoms in total. The zero-order valence-electron chi connectivity index (χ0n) is 16.6. The van der Waals surface area contributed by atoms with Crippen LogP contribution >= 0.6 is 15.9 Å². The molecule has 1 aliphatic carbocycles. The lowest BCUT2D eigenvalue weighted by atomic mass is 10.0. The molecule has 2 unspecified atom stereocenters. The van der Waals surface area contributed by atoms with E-state index in [2.05, 4.69) is 15.9 Å². The van der Waals surface area contributed by atoms with Crippen molar-refractivity contribution >= 4 is 15.9 Å². The van der Waals surface area contributed by atoms with Crippen LogP contribution < -0.4 is 5.56 Å². The molecule has 0 bridgehead atoms. The van der Waals surface area contributed by atoms with E-state index < -0.39 is 47.0 Å². The molecule has 0 spiro atoms. The molecule has 1 N–H and O–H groups in total. The van der Waals surface area contributed by atoms with Crippen molar-refractivity contribution in [1.29, 1.82) is 0 Å². The highest BCUT2D eigenvalue weighted by atomic mass is 79.9. The van der Waals surface area contributed by atoms with Gasteiger partial charge < -0.3 is 14.4 Å². The number of pyridine rings is 1. The second kappa shape index (κ2) is 8.09. The number of benzene rings is 1. The van der Waals surface area contributed by atoms with E-state index in [4.69, 9.17) is 4.74 Å². The Labute approximate surface area is 179 Å². The molecule has 164 valence electrons. The zero-order valence-corrected chi connectivity index (χ0v) is 18.2. The number of ether oxygens (including phenoxy) is 1. The second-order valence-corrected chi connectivity index (χ2v) is 9.27. The lowest BCUT2D eigenvalue weighted by molar-refractivity contribution is -0.181. The molecule has 2 aromatic rings. The molecule has 1 saturated carbocycles. The van der Waals surface area contributed by atoms with Crippen LogP contribution in [-0.2, 0) is 10.9 Å². The molecule has 30 heavy (non-hydrogen) atoms. The van der Waals surface area contributed by atoms with Crippen molar-refractivity contribution in [1.82, 2.24) is 4.57 Å². The van der Waals surface area contributed by atoms with E-state index in [1.807, 2.05) is 0 Å². The Balaban J connectivity index is 2.23. The number of aliphatic hydroxyl groups is 1. The number of aromatic nitrogens is 1. The van der Waals surface area contributed by atoms with Gasteiger partial charge in [0.1, 0.15) is 11.9 Å². The standard InChI is InChI=1S/C21H22BrF4NO3/c1-20(2,3)30-19(29)17(13-10-12(22)6-7-15(13)23)27-9-8-14(21(24,25)26)16(18(27)28)11-4-5-11/h6-11,17,19,29H,4-5H2,1-3H3. The summed E-state index contributed by atoms with van der Waals surface area (Å²) in [6, 6.07) is 3.39. The van der Waals surface area contributed by atoms with Crippen LogP contribution in [0.2, 0.25) is 0 Å². The number of aliphatic hydroxyl groups excluding tert-OH is 1. The molecule has 0 radical (unpaired) electrons. The van der Waals surface area contributed by atoms with Crippen LogP contribution in [0.15, 0.2) is 39.7 Å². The number of hydrogen-bond acceptors (Lipinski definition) is 3. The topological polar surface area (TPSA) is 51.5 Å². The summed E-state index contributed by atoms with van der Waals surface area (Å²) >= 11 is 3.23. The van der Waals surface area contributed by atoms with Gasteiger partial charge in [-0.3, -0.25) is 4.79 Å². The first-order valence-corrected chi connectivity index (χ1v) is 10.2. The molecule has 9 heteroatoms. The van der Waals surface area contributed by atoms with Crippen LogP contribution in [0, 0.1) is 5.82 Å². The first kappa shape index (κ1) is 23.0. The summed E-state index contributed by atoms with van der Waals surface area (Å²) in [5.41, 5.74) is -3.19. The maximum Gasteiger partial charge on any atom is 0.416 e. The molecular formula is C21H22BrF4NO3. The number of hydrogen-bond donors (Lipinski definition) is 1. The largest absolute Gasteiger partial charge is 0.416 e. The molecular weight excluding hydrogens is 470 g/mol. The van der Waals surface area contributed by atoms with Crippen LogP contribution in [0.4, 0.5) is 17.6 Å². The predicted molar refractivity (Wildman–Crippen MR) is 107 cm³/mol. The van der Waals surface area contributed by atoms with Gasteiger partial charge in [0.05, 0.1) is 11.2 Å². The third-order valence-corrected chi connectivity index (χ3v) is 5.26. The zero-order chi connectivity index (χ0) is 22.4. The summed E-state index contributed by atoms with van der Waals surface area (Å²) < 4.78 is 62.1. The first-order valence-electron chi connectivity index (χ1n) is 9.42. The van der Waals surface area contributed by atoms with Crippen molar-refractivity contribution in [2.75, 3.05) is 0 Å². The monoisotopic (exact) mass is 491 g/mol. The van der Waals surface area contributed by atoms with Gasteiger partial charge in [-0.15, -0.1) is 0 Å². The van der Waals surface area contributed by atoms with E-state index in [0.29, 0.717) is 17.3 Å². The Morgan fingerprint density at radius 2 is 1.83 bits per heavy atom. The van der Waals surface area contributed by atoms with Gasteiger partial charge in [0.25, 0.3) is 5.56 Å². The Kier molecular flexibility index (Phi) is 6.19. The van der Waals surface area contributed by atoms with Crippen molar-refractivity contribution in [2.24, 2.45) is 0 Å².